The molecule has 0 unspecified atom stereocenters. The van der Waals surface area contributed by atoms with Crippen LogP contribution in [0.3, 0.4) is 0 Å². The third kappa shape index (κ3) is 5.96. The predicted octanol–water partition coefficient (Wildman–Crippen LogP) is 15.1. The van der Waals surface area contributed by atoms with E-state index in [1.165, 1.54) is 66.2 Å². The minimum absolute atomic E-state index is 0.147. The van der Waals surface area contributed by atoms with Gasteiger partial charge in [0.15, 0.2) is 5.82 Å². The van der Waals surface area contributed by atoms with Crippen molar-refractivity contribution in [3.8, 4) is 78.4 Å². The average molecular weight is 753 g/mol. The highest BCUT2D eigenvalue weighted by atomic mass is 14.9. The molecule has 0 N–H and O–H groups in total. The Morgan fingerprint density at radius 3 is 1.58 bits per heavy atom. The summed E-state index contributed by atoms with van der Waals surface area (Å²) in [4.78, 5) is 10.6. The van der Waals surface area contributed by atoms with Crippen LogP contribution in [0.5, 0.6) is 0 Å². The van der Waals surface area contributed by atoms with Crippen molar-refractivity contribution < 1.29 is 0 Å². The van der Waals surface area contributed by atoms with Gasteiger partial charge in [-0.25, -0.2) is 9.97 Å². The van der Waals surface area contributed by atoms with Gasteiger partial charge in [-0.1, -0.05) is 184 Å². The topological polar surface area (TPSA) is 25.8 Å². The van der Waals surface area contributed by atoms with Crippen molar-refractivity contribution in [1.82, 2.24) is 9.97 Å². The molecule has 11 rings (SSSR count). The Balaban J connectivity index is 1.03. The van der Waals surface area contributed by atoms with E-state index in [0.29, 0.717) is 5.82 Å². The van der Waals surface area contributed by atoms with E-state index in [4.69, 9.17) is 9.97 Å². The largest absolute Gasteiger partial charge is 0.228 e. The van der Waals surface area contributed by atoms with Crippen molar-refractivity contribution in [2.45, 2.75) is 19.3 Å². The number of nitrogens with zero attached hydrogens (tertiary/aromatic N) is 2. The Kier molecular flexibility index (Phi) is 8.20. The lowest BCUT2D eigenvalue weighted by atomic mass is 9.78. The Hall–Kier alpha value is -7.42. The van der Waals surface area contributed by atoms with Crippen LogP contribution in [0.25, 0.3) is 100.0 Å². The van der Waals surface area contributed by atoms with E-state index in [1.807, 2.05) is 6.07 Å². The fourth-order valence-electron chi connectivity index (χ4n) is 9.37. The maximum absolute atomic E-state index is 5.31. The molecular formula is C57H40N2. The summed E-state index contributed by atoms with van der Waals surface area (Å²) in [6.45, 7) is 4.76. The fourth-order valence-corrected chi connectivity index (χ4v) is 9.37. The summed E-state index contributed by atoms with van der Waals surface area (Å²) in [5.74, 6) is 0.706. The molecule has 278 valence electrons. The summed E-state index contributed by atoms with van der Waals surface area (Å²) in [5.41, 5.74) is 17.4. The second kappa shape index (κ2) is 13.9. The number of hydrogen-bond acceptors (Lipinski definition) is 2. The first-order valence-electron chi connectivity index (χ1n) is 20.4. The summed E-state index contributed by atoms with van der Waals surface area (Å²) >= 11 is 0. The summed E-state index contributed by atoms with van der Waals surface area (Å²) in [5, 5.41) is 4.86. The van der Waals surface area contributed by atoms with Crippen molar-refractivity contribution in [2.24, 2.45) is 0 Å². The zero-order valence-electron chi connectivity index (χ0n) is 33.0. The molecule has 0 atom stereocenters. The van der Waals surface area contributed by atoms with E-state index in [-0.39, 0.29) is 5.41 Å². The van der Waals surface area contributed by atoms with Gasteiger partial charge in [0.25, 0.3) is 0 Å². The van der Waals surface area contributed by atoms with Gasteiger partial charge in [-0.3, -0.25) is 0 Å². The molecule has 0 bridgehead atoms. The molecule has 0 saturated carbocycles. The maximum atomic E-state index is 5.31. The summed E-state index contributed by atoms with van der Waals surface area (Å²) < 4.78 is 0. The molecule has 10 aromatic rings. The van der Waals surface area contributed by atoms with Crippen LogP contribution in [-0.4, -0.2) is 9.97 Å². The van der Waals surface area contributed by atoms with Gasteiger partial charge in [-0.15, -0.1) is 0 Å². The lowest BCUT2D eigenvalue weighted by molar-refractivity contribution is 0.663. The van der Waals surface area contributed by atoms with Crippen molar-refractivity contribution in [1.29, 1.82) is 0 Å². The molecule has 0 radical (unpaired) electrons. The van der Waals surface area contributed by atoms with Crippen LogP contribution in [0, 0.1) is 0 Å². The minimum Gasteiger partial charge on any atom is -0.228 e. The van der Waals surface area contributed by atoms with Crippen LogP contribution >= 0.6 is 0 Å². The molecule has 0 saturated heterocycles. The Bertz CT molecular complexity index is 3230. The molecule has 1 aliphatic rings. The van der Waals surface area contributed by atoms with Gasteiger partial charge in [0.2, 0.25) is 0 Å². The van der Waals surface area contributed by atoms with E-state index in [0.717, 1.165) is 39.0 Å². The SMILES string of the molecule is CC1(C)c2cc3ccccc3cc2-c2cccc(-c3cccc(-c4ccc(-c5nc(-c6ccccc6)cc(-c6cccc(-c7ccccc7)c6)n5)c5ccccc45)c3)c21. The lowest BCUT2D eigenvalue weighted by Crippen LogP contribution is -2.16. The molecule has 1 heterocycles. The number of aromatic nitrogens is 2. The predicted molar refractivity (Wildman–Crippen MR) is 247 cm³/mol. The number of benzene rings is 9. The van der Waals surface area contributed by atoms with Gasteiger partial charge in [0.05, 0.1) is 11.4 Å². The molecule has 59 heavy (non-hydrogen) atoms. The standard InChI is InChI=1S/C57H40N2/c1-57(2)52-35-41-21-10-9-20-40(41)34-51(52)49-29-15-28-46(55(49)57)43-24-14-23-42(33-43)45-30-31-50(48-27-12-11-26-47(45)48)56-58-53(38-18-7-4-8-19-38)36-54(59-56)44-25-13-22-39(32-44)37-16-5-3-6-17-37/h3-36H,1-2H3. The van der Waals surface area contributed by atoms with Crippen LogP contribution in [0.15, 0.2) is 206 Å². The van der Waals surface area contributed by atoms with Gasteiger partial charge in [0, 0.05) is 22.1 Å². The Morgan fingerprint density at radius 2 is 0.831 bits per heavy atom. The van der Waals surface area contributed by atoms with Gasteiger partial charge >= 0.3 is 0 Å². The second-order valence-electron chi connectivity index (χ2n) is 16.2. The quantitative estimate of drug-likeness (QED) is 0.169. The second-order valence-corrected chi connectivity index (χ2v) is 16.2. The molecular weight excluding hydrogens is 713 g/mol. The number of fused-ring (bicyclic) bond motifs is 5. The fraction of sp³-hybridized carbons (Fsp3) is 0.0526. The molecule has 2 nitrogen and oxygen atoms in total. The van der Waals surface area contributed by atoms with Crippen molar-refractivity contribution >= 4 is 21.5 Å². The zero-order chi connectivity index (χ0) is 39.5. The van der Waals surface area contributed by atoms with E-state index in [2.05, 4.69) is 214 Å². The smallest absolute Gasteiger partial charge is 0.161 e. The van der Waals surface area contributed by atoms with Crippen LogP contribution < -0.4 is 0 Å². The molecule has 2 heteroatoms. The molecule has 9 aromatic carbocycles. The third-order valence-electron chi connectivity index (χ3n) is 12.2. The molecule has 1 aromatic heterocycles. The van der Waals surface area contributed by atoms with Crippen molar-refractivity contribution in [3.63, 3.8) is 0 Å². The van der Waals surface area contributed by atoms with Gasteiger partial charge < -0.3 is 0 Å². The normalized spacial score (nSPS) is 12.7. The third-order valence-corrected chi connectivity index (χ3v) is 12.2. The highest BCUT2D eigenvalue weighted by molar-refractivity contribution is 6.05. The minimum atomic E-state index is -0.147. The lowest BCUT2D eigenvalue weighted by Gasteiger charge is -2.25. The van der Waals surface area contributed by atoms with E-state index < -0.39 is 0 Å². The van der Waals surface area contributed by atoms with E-state index >= 15 is 0 Å². The monoisotopic (exact) mass is 752 g/mol. The van der Waals surface area contributed by atoms with Crippen LogP contribution in [0.2, 0.25) is 0 Å². The van der Waals surface area contributed by atoms with Gasteiger partial charge in [-0.05, 0) is 114 Å². The number of rotatable bonds is 6. The van der Waals surface area contributed by atoms with E-state index in [9.17, 15) is 0 Å². The Labute approximate surface area is 345 Å². The average Bonchev–Trinajstić information content (AvgIpc) is 3.53. The molecule has 0 fully saturated rings. The Morgan fingerprint density at radius 1 is 0.322 bits per heavy atom. The maximum Gasteiger partial charge on any atom is 0.161 e. The molecule has 1 aliphatic carbocycles. The van der Waals surface area contributed by atoms with Crippen molar-refractivity contribution in [2.75, 3.05) is 0 Å². The van der Waals surface area contributed by atoms with Crippen LogP contribution in [-0.2, 0) is 5.41 Å². The highest BCUT2D eigenvalue weighted by Gasteiger charge is 2.37. The first kappa shape index (κ1) is 34.8. The molecule has 0 aliphatic heterocycles. The highest BCUT2D eigenvalue weighted by Crippen LogP contribution is 2.53. The van der Waals surface area contributed by atoms with Crippen LogP contribution in [0.4, 0.5) is 0 Å². The van der Waals surface area contributed by atoms with E-state index in [1.54, 1.807) is 0 Å². The zero-order valence-corrected chi connectivity index (χ0v) is 33.0. The summed E-state index contributed by atoms with van der Waals surface area (Å²) in [6.07, 6.45) is 0. The van der Waals surface area contributed by atoms with Gasteiger partial charge in [0.1, 0.15) is 0 Å². The first-order chi connectivity index (χ1) is 29.0. The summed E-state index contributed by atoms with van der Waals surface area (Å²) in [7, 11) is 0. The van der Waals surface area contributed by atoms with Gasteiger partial charge in [-0.2, -0.15) is 0 Å². The first-order valence-corrected chi connectivity index (χ1v) is 20.4. The summed E-state index contributed by atoms with van der Waals surface area (Å²) in [6, 6.07) is 74.3. The van der Waals surface area contributed by atoms with Crippen LogP contribution in [0.1, 0.15) is 25.0 Å². The number of hydrogen-bond donors (Lipinski definition) is 0. The van der Waals surface area contributed by atoms with Crippen molar-refractivity contribution in [3.05, 3.63) is 217 Å². The molecule has 0 spiro atoms. The molecule has 0 amide bonds.